The average molecular weight is 459 g/mol. The Bertz CT molecular complexity index is 1080. The second kappa shape index (κ2) is 8.80. The lowest BCUT2D eigenvalue weighted by Crippen LogP contribution is -2.40. The molecule has 0 aromatic heterocycles. The molecule has 150 valence electrons. The van der Waals surface area contributed by atoms with Crippen LogP contribution < -0.4 is 5.01 Å². The minimum absolute atomic E-state index is 0.0236. The molecule has 0 saturated carbocycles. The molecule has 3 aromatic rings. The Morgan fingerprint density at radius 2 is 1.57 bits per heavy atom. The fourth-order valence-electron chi connectivity index (χ4n) is 3.82. The Balaban J connectivity index is 1.66. The van der Waals surface area contributed by atoms with Gasteiger partial charge >= 0.3 is 0 Å². The summed E-state index contributed by atoms with van der Waals surface area (Å²) in [7, 11) is 0. The summed E-state index contributed by atoms with van der Waals surface area (Å²) in [6.45, 7) is 1.97. The topological polar surface area (TPSA) is 32.7 Å². The largest absolute Gasteiger partial charge is 0.271 e. The number of nitrogens with zero attached hydrogens (tertiary/aromatic N) is 2. The molecule has 4 heteroatoms. The van der Waals surface area contributed by atoms with E-state index in [1.807, 2.05) is 67.6 Å². The van der Waals surface area contributed by atoms with Gasteiger partial charge in [-0.25, -0.2) is 0 Å². The molecule has 1 aliphatic rings. The number of hydrogen-bond acceptors (Lipinski definition) is 2. The molecule has 30 heavy (non-hydrogen) atoms. The lowest BCUT2D eigenvalue weighted by atomic mass is 9.74. The number of hydrogen-bond donors (Lipinski definition) is 0. The van der Waals surface area contributed by atoms with Gasteiger partial charge < -0.3 is 0 Å². The van der Waals surface area contributed by atoms with E-state index in [4.69, 9.17) is 0 Å². The van der Waals surface area contributed by atoms with E-state index in [2.05, 4.69) is 57.4 Å². The second-order valence-corrected chi connectivity index (χ2v) is 8.46. The van der Waals surface area contributed by atoms with E-state index >= 15 is 0 Å². The molecule has 0 bridgehead atoms. The third-order valence-corrected chi connectivity index (χ3v) is 6.07. The van der Waals surface area contributed by atoms with Crippen LogP contribution in [0.1, 0.15) is 24.5 Å². The van der Waals surface area contributed by atoms with E-state index in [1.165, 1.54) is 0 Å². The fourth-order valence-corrected chi connectivity index (χ4v) is 4.08. The van der Waals surface area contributed by atoms with Crippen molar-refractivity contribution in [2.45, 2.75) is 19.8 Å². The van der Waals surface area contributed by atoms with Crippen LogP contribution in [0.2, 0.25) is 0 Å². The summed E-state index contributed by atoms with van der Waals surface area (Å²) in [5.41, 5.74) is 3.19. The molecule has 0 spiro atoms. The predicted octanol–water partition coefficient (Wildman–Crippen LogP) is 6.50. The number of carbonyl (C=O) groups excluding carboxylic acids is 1. The minimum Gasteiger partial charge on any atom is -0.271 e. The molecule has 0 aliphatic carbocycles. The van der Waals surface area contributed by atoms with Gasteiger partial charge in [-0.15, -0.1) is 0 Å². The van der Waals surface area contributed by atoms with Crippen molar-refractivity contribution >= 4 is 39.3 Å². The molecule has 3 aromatic carbocycles. The first-order valence-corrected chi connectivity index (χ1v) is 10.8. The summed E-state index contributed by atoms with van der Waals surface area (Å²) in [6.07, 6.45) is 5.38. The van der Waals surface area contributed by atoms with Crippen LogP contribution in [0.15, 0.2) is 101 Å². The van der Waals surface area contributed by atoms with Crippen LogP contribution in [0.25, 0.3) is 6.08 Å². The summed E-state index contributed by atoms with van der Waals surface area (Å²) in [4.78, 5) is 13.7. The normalized spacial score (nSPS) is 18.8. The Kier molecular flexibility index (Phi) is 5.96. The Morgan fingerprint density at radius 3 is 2.23 bits per heavy atom. The Morgan fingerprint density at radius 1 is 0.933 bits per heavy atom. The maximum Gasteiger partial charge on any atom is 0.260 e. The Labute approximate surface area is 185 Å². The van der Waals surface area contributed by atoms with Gasteiger partial charge in [0.2, 0.25) is 0 Å². The Hall–Kier alpha value is -2.98. The summed E-state index contributed by atoms with van der Waals surface area (Å²) in [5, 5.41) is 6.25. The van der Waals surface area contributed by atoms with Crippen molar-refractivity contribution in [3.05, 3.63) is 107 Å². The molecular formula is C26H23BrN2O. The number of para-hydroxylation sites is 1. The highest BCUT2D eigenvalue weighted by molar-refractivity contribution is 9.10. The molecule has 1 heterocycles. The summed E-state index contributed by atoms with van der Waals surface area (Å²) in [6, 6.07) is 28.0. The van der Waals surface area contributed by atoms with Gasteiger partial charge in [0.15, 0.2) is 0 Å². The van der Waals surface area contributed by atoms with Gasteiger partial charge in [0.1, 0.15) is 0 Å². The highest BCUT2D eigenvalue weighted by Crippen LogP contribution is 2.39. The minimum atomic E-state index is -0.691. The van der Waals surface area contributed by atoms with Crippen molar-refractivity contribution in [2.24, 2.45) is 10.5 Å². The van der Waals surface area contributed by atoms with E-state index in [-0.39, 0.29) is 5.91 Å². The van der Waals surface area contributed by atoms with Crippen LogP contribution in [-0.2, 0) is 11.2 Å². The van der Waals surface area contributed by atoms with Gasteiger partial charge in [-0.2, -0.15) is 10.1 Å². The maximum atomic E-state index is 13.7. The third kappa shape index (κ3) is 4.14. The van der Waals surface area contributed by atoms with Crippen molar-refractivity contribution in [3.63, 3.8) is 0 Å². The summed E-state index contributed by atoms with van der Waals surface area (Å²) >= 11 is 3.47. The molecule has 3 nitrogen and oxygen atoms in total. The van der Waals surface area contributed by atoms with Crippen LogP contribution in [-0.4, -0.2) is 11.6 Å². The van der Waals surface area contributed by atoms with Crippen molar-refractivity contribution in [1.29, 1.82) is 0 Å². The predicted molar refractivity (Wildman–Crippen MR) is 127 cm³/mol. The SMILES string of the molecule is CC1=NN(c2ccccc2)C(=O)C1(C/C=C/c1ccc(Br)cc1)Cc1ccccc1. The molecule has 1 aliphatic heterocycles. The molecule has 0 fully saturated rings. The van der Waals surface area contributed by atoms with Gasteiger partial charge in [0.05, 0.1) is 16.8 Å². The first kappa shape index (κ1) is 20.3. The third-order valence-electron chi connectivity index (χ3n) is 5.54. The zero-order valence-electron chi connectivity index (χ0n) is 16.8. The number of hydrazone groups is 1. The number of amides is 1. The smallest absolute Gasteiger partial charge is 0.260 e. The highest BCUT2D eigenvalue weighted by Gasteiger charge is 2.48. The van der Waals surface area contributed by atoms with Crippen molar-refractivity contribution in [2.75, 3.05) is 5.01 Å². The number of benzene rings is 3. The number of halogens is 1. The number of rotatable bonds is 6. The van der Waals surface area contributed by atoms with Crippen LogP contribution in [0, 0.1) is 5.41 Å². The molecule has 1 atom stereocenters. The van der Waals surface area contributed by atoms with Crippen molar-refractivity contribution < 1.29 is 4.79 Å². The number of allylic oxidation sites excluding steroid dienone is 1. The zero-order chi connectivity index (χ0) is 21.0. The van der Waals surface area contributed by atoms with E-state index in [1.54, 1.807) is 5.01 Å². The van der Waals surface area contributed by atoms with E-state index in [0.29, 0.717) is 12.8 Å². The van der Waals surface area contributed by atoms with Gasteiger partial charge in [0, 0.05) is 4.47 Å². The lowest BCUT2D eigenvalue weighted by Gasteiger charge is -2.27. The molecule has 1 amide bonds. The summed E-state index contributed by atoms with van der Waals surface area (Å²) < 4.78 is 1.05. The first-order chi connectivity index (χ1) is 14.6. The first-order valence-electron chi connectivity index (χ1n) is 10.00. The van der Waals surface area contributed by atoms with Gasteiger partial charge in [-0.05, 0) is 55.2 Å². The second-order valence-electron chi connectivity index (χ2n) is 7.54. The average Bonchev–Trinajstić information content (AvgIpc) is 3.01. The van der Waals surface area contributed by atoms with Crippen LogP contribution >= 0.6 is 15.9 Å². The van der Waals surface area contributed by atoms with Crippen molar-refractivity contribution in [3.8, 4) is 0 Å². The highest BCUT2D eigenvalue weighted by atomic mass is 79.9. The van der Waals surface area contributed by atoms with Crippen LogP contribution in [0.5, 0.6) is 0 Å². The molecule has 1 unspecified atom stereocenters. The van der Waals surface area contributed by atoms with Gasteiger partial charge in [-0.3, -0.25) is 4.79 Å². The molecule has 4 rings (SSSR count). The fraction of sp³-hybridized carbons (Fsp3) is 0.154. The van der Waals surface area contributed by atoms with Gasteiger partial charge in [0.25, 0.3) is 5.91 Å². The van der Waals surface area contributed by atoms with Crippen LogP contribution in [0.4, 0.5) is 5.69 Å². The molecule has 0 N–H and O–H groups in total. The monoisotopic (exact) mass is 458 g/mol. The lowest BCUT2D eigenvalue weighted by molar-refractivity contribution is -0.123. The standard InChI is InChI=1S/C26H23BrN2O/c1-20-26(19-22-9-4-2-5-10-22,18-8-11-21-14-16-23(27)17-15-21)25(30)29(28-20)24-12-6-3-7-13-24/h2-17H,18-19H2,1H3/b11-8+. The maximum absolute atomic E-state index is 13.7. The summed E-state index contributed by atoms with van der Waals surface area (Å²) in [5.74, 6) is 0.0236. The molecule has 0 radical (unpaired) electrons. The number of carbonyl (C=O) groups is 1. The van der Waals surface area contributed by atoms with E-state index < -0.39 is 5.41 Å². The van der Waals surface area contributed by atoms with Crippen LogP contribution in [0.3, 0.4) is 0 Å². The zero-order valence-corrected chi connectivity index (χ0v) is 18.4. The van der Waals surface area contributed by atoms with E-state index in [0.717, 1.165) is 27.0 Å². The number of anilines is 1. The van der Waals surface area contributed by atoms with E-state index in [9.17, 15) is 4.79 Å². The molecular weight excluding hydrogens is 436 g/mol. The quantitative estimate of drug-likeness (QED) is 0.414. The molecule has 0 saturated heterocycles. The van der Waals surface area contributed by atoms with Gasteiger partial charge in [-0.1, -0.05) is 88.7 Å². The van der Waals surface area contributed by atoms with Crippen molar-refractivity contribution in [1.82, 2.24) is 0 Å².